The minimum Gasteiger partial charge on any atom is -0.497 e. The lowest BCUT2D eigenvalue weighted by molar-refractivity contribution is 0.193. The minimum atomic E-state index is -3.33. The molecule has 0 spiro atoms. The summed E-state index contributed by atoms with van der Waals surface area (Å²) in [6.07, 6.45) is 0.0358. The summed E-state index contributed by atoms with van der Waals surface area (Å²) in [5, 5.41) is 10.1. The summed E-state index contributed by atoms with van der Waals surface area (Å²) < 4.78 is 34.0. The maximum Gasteiger partial charge on any atom is 0.150 e. The zero-order valence-electron chi connectivity index (χ0n) is 14.4. The number of para-hydroxylation sites is 1. The van der Waals surface area contributed by atoms with E-state index in [0.29, 0.717) is 11.5 Å². The van der Waals surface area contributed by atoms with Crippen LogP contribution in [-0.4, -0.2) is 45.9 Å². The first-order valence-corrected chi connectivity index (χ1v) is 10.6. The van der Waals surface area contributed by atoms with E-state index < -0.39 is 21.2 Å². The number of sulfone groups is 1. The van der Waals surface area contributed by atoms with E-state index in [0.717, 1.165) is 16.7 Å². The zero-order valence-corrected chi connectivity index (χ0v) is 16.0. The first-order valence-electron chi connectivity index (χ1n) is 7.63. The van der Waals surface area contributed by atoms with Crippen LogP contribution < -0.4 is 9.47 Å². The number of hydrogen-bond acceptors (Lipinski definition) is 6. The molecule has 0 saturated carbocycles. The normalized spacial score (nSPS) is 13.9. The molecule has 0 bridgehead atoms. The maximum absolute atomic E-state index is 11.7. The van der Waals surface area contributed by atoms with E-state index in [9.17, 15) is 13.5 Å². The Hall–Kier alpha value is -1.70. The van der Waals surface area contributed by atoms with Crippen LogP contribution in [0.3, 0.4) is 0 Å². The second-order valence-electron chi connectivity index (χ2n) is 5.62. The average molecular weight is 383 g/mol. The summed E-state index contributed by atoms with van der Waals surface area (Å²) in [6, 6.07) is 14.7. The molecule has 2 unspecified atom stereocenters. The van der Waals surface area contributed by atoms with Gasteiger partial charge in [-0.15, -0.1) is 11.8 Å². The molecule has 0 aliphatic carbocycles. The van der Waals surface area contributed by atoms with Crippen molar-refractivity contribution in [3.8, 4) is 11.5 Å². The molecule has 0 radical (unpaired) electrons. The summed E-state index contributed by atoms with van der Waals surface area (Å²) in [4.78, 5) is 0.864. The summed E-state index contributed by atoms with van der Waals surface area (Å²) >= 11 is 1.38. The zero-order chi connectivity index (χ0) is 18.4. The van der Waals surface area contributed by atoms with Gasteiger partial charge in [0, 0.05) is 16.7 Å². The smallest absolute Gasteiger partial charge is 0.150 e. The van der Waals surface area contributed by atoms with E-state index in [2.05, 4.69) is 0 Å². The Kier molecular flexibility index (Phi) is 6.75. The van der Waals surface area contributed by atoms with Crippen LogP contribution in [0.4, 0.5) is 0 Å². The van der Waals surface area contributed by atoms with Gasteiger partial charge in [-0.3, -0.25) is 0 Å². The van der Waals surface area contributed by atoms with Crippen molar-refractivity contribution in [1.29, 1.82) is 0 Å². The maximum atomic E-state index is 11.7. The number of aliphatic hydroxyl groups excluding tert-OH is 1. The van der Waals surface area contributed by atoms with Crippen molar-refractivity contribution in [3.05, 3.63) is 54.1 Å². The second-order valence-corrected chi connectivity index (χ2v) is 9.02. The third kappa shape index (κ3) is 5.66. The first-order chi connectivity index (χ1) is 11.8. The van der Waals surface area contributed by atoms with Crippen molar-refractivity contribution in [3.63, 3.8) is 0 Å². The molecule has 136 valence electrons. The highest BCUT2D eigenvalue weighted by molar-refractivity contribution is 7.99. The van der Waals surface area contributed by atoms with Gasteiger partial charge in [-0.1, -0.05) is 24.3 Å². The highest BCUT2D eigenvalue weighted by Gasteiger charge is 2.28. The third-order valence-electron chi connectivity index (χ3n) is 3.57. The van der Waals surface area contributed by atoms with Crippen LogP contribution in [0, 0.1) is 0 Å². The molecular formula is C18H22O5S2. The van der Waals surface area contributed by atoms with Crippen LogP contribution in [0.25, 0.3) is 0 Å². The fourth-order valence-electron chi connectivity index (χ4n) is 2.47. The lowest BCUT2D eigenvalue weighted by Gasteiger charge is -2.24. The van der Waals surface area contributed by atoms with Gasteiger partial charge in [-0.05, 0) is 24.3 Å². The van der Waals surface area contributed by atoms with Crippen molar-refractivity contribution >= 4 is 21.6 Å². The summed E-state index contributed by atoms with van der Waals surface area (Å²) in [7, 11) is -0.196. The van der Waals surface area contributed by atoms with Crippen molar-refractivity contribution in [1.82, 2.24) is 0 Å². The molecule has 0 saturated heterocycles. The Morgan fingerprint density at radius 2 is 1.80 bits per heavy atom. The molecule has 5 nitrogen and oxygen atoms in total. The van der Waals surface area contributed by atoms with Crippen LogP contribution in [0.15, 0.2) is 53.4 Å². The molecule has 7 heteroatoms. The molecule has 0 fully saturated rings. The molecule has 0 aliphatic heterocycles. The minimum absolute atomic E-state index is 0.327. The van der Waals surface area contributed by atoms with Gasteiger partial charge in [0.15, 0.2) is 0 Å². The Morgan fingerprint density at radius 1 is 1.08 bits per heavy atom. The van der Waals surface area contributed by atoms with Crippen LogP contribution in [0.1, 0.15) is 10.8 Å². The summed E-state index contributed by atoms with van der Waals surface area (Å²) in [5.41, 5.74) is 0.744. The van der Waals surface area contributed by atoms with Crippen LogP contribution >= 0.6 is 11.8 Å². The van der Waals surface area contributed by atoms with Crippen molar-refractivity contribution < 1.29 is 23.0 Å². The molecule has 0 aliphatic rings. The number of methoxy groups -OCH3 is 2. The van der Waals surface area contributed by atoms with Gasteiger partial charge < -0.3 is 14.6 Å². The van der Waals surface area contributed by atoms with E-state index in [4.69, 9.17) is 9.47 Å². The van der Waals surface area contributed by atoms with Crippen LogP contribution in [0.2, 0.25) is 0 Å². The molecule has 2 aromatic carbocycles. The fourth-order valence-corrected chi connectivity index (χ4v) is 4.61. The Bertz CT molecular complexity index is 805. The second kappa shape index (κ2) is 8.60. The van der Waals surface area contributed by atoms with Crippen LogP contribution in [-0.2, 0) is 9.84 Å². The Balaban J connectivity index is 2.40. The molecule has 2 rings (SSSR count). The SMILES string of the molecule is COc1cccc(SC(c2ccccc2OC)C(O)CS(C)(=O)=O)c1. The predicted molar refractivity (Wildman–Crippen MR) is 100 cm³/mol. The van der Waals surface area contributed by atoms with E-state index in [-0.39, 0.29) is 5.75 Å². The van der Waals surface area contributed by atoms with Gasteiger partial charge in [0.25, 0.3) is 0 Å². The van der Waals surface area contributed by atoms with E-state index in [1.54, 1.807) is 20.3 Å². The Morgan fingerprint density at radius 3 is 2.44 bits per heavy atom. The largest absolute Gasteiger partial charge is 0.497 e. The predicted octanol–water partition coefficient (Wildman–Crippen LogP) is 2.94. The van der Waals surface area contributed by atoms with Gasteiger partial charge in [-0.2, -0.15) is 0 Å². The fraction of sp³-hybridized carbons (Fsp3) is 0.333. The number of thioether (sulfide) groups is 1. The topological polar surface area (TPSA) is 72.8 Å². The van der Waals surface area contributed by atoms with E-state index >= 15 is 0 Å². The number of hydrogen-bond donors (Lipinski definition) is 1. The number of rotatable bonds is 8. The first kappa shape index (κ1) is 19.6. The lowest BCUT2D eigenvalue weighted by atomic mass is 10.1. The molecule has 0 aromatic heterocycles. The van der Waals surface area contributed by atoms with Crippen LogP contribution in [0.5, 0.6) is 11.5 Å². The number of ether oxygens (including phenoxy) is 2. The molecule has 2 aromatic rings. The summed E-state index contributed by atoms with van der Waals surface area (Å²) in [6.45, 7) is 0. The summed E-state index contributed by atoms with van der Waals surface area (Å²) in [5.74, 6) is 0.976. The quantitative estimate of drug-likeness (QED) is 0.708. The Labute approximate surface area is 152 Å². The number of benzene rings is 2. The van der Waals surface area contributed by atoms with Gasteiger partial charge in [-0.25, -0.2) is 8.42 Å². The van der Waals surface area contributed by atoms with Gasteiger partial charge in [0.05, 0.1) is 31.3 Å². The lowest BCUT2D eigenvalue weighted by Crippen LogP contribution is -2.25. The average Bonchev–Trinajstić information content (AvgIpc) is 2.58. The van der Waals surface area contributed by atoms with E-state index in [1.165, 1.54) is 11.8 Å². The third-order valence-corrected chi connectivity index (χ3v) is 5.87. The molecule has 0 heterocycles. The molecule has 2 atom stereocenters. The monoisotopic (exact) mass is 382 g/mol. The standard InChI is InChI=1S/C18H22O5S2/c1-22-13-7-6-8-14(11-13)24-18(16(19)12-25(3,20)21)15-9-4-5-10-17(15)23-2/h4-11,16,18-19H,12H2,1-3H3. The number of aliphatic hydroxyl groups is 1. The molecule has 0 amide bonds. The van der Waals surface area contributed by atoms with Gasteiger partial charge >= 0.3 is 0 Å². The van der Waals surface area contributed by atoms with Crippen molar-refractivity contribution in [2.45, 2.75) is 16.2 Å². The highest BCUT2D eigenvalue weighted by atomic mass is 32.2. The van der Waals surface area contributed by atoms with E-state index in [1.807, 2.05) is 42.5 Å². The van der Waals surface area contributed by atoms with Gasteiger partial charge in [0.2, 0.25) is 0 Å². The molecule has 25 heavy (non-hydrogen) atoms. The van der Waals surface area contributed by atoms with Crippen molar-refractivity contribution in [2.24, 2.45) is 0 Å². The molecule has 1 N–H and O–H groups in total. The van der Waals surface area contributed by atoms with Gasteiger partial charge in [0.1, 0.15) is 21.3 Å². The molecular weight excluding hydrogens is 360 g/mol. The van der Waals surface area contributed by atoms with Crippen molar-refractivity contribution in [2.75, 3.05) is 26.2 Å². The highest BCUT2D eigenvalue weighted by Crippen LogP contribution is 2.42.